The minimum atomic E-state index is 0.140. The summed E-state index contributed by atoms with van der Waals surface area (Å²) >= 11 is 0. The van der Waals surface area contributed by atoms with E-state index in [9.17, 15) is 4.79 Å². The Hall–Kier alpha value is -0.370. The number of carbonyl (C=O) groups is 1. The molecule has 0 spiro atoms. The van der Waals surface area contributed by atoms with Crippen LogP contribution in [-0.2, 0) is 4.79 Å². The normalized spacial score (nSPS) is 10.2. The number of carbonyl (C=O) groups excluding carboxylic acids is 1. The van der Waals surface area contributed by atoms with Crippen LogP contribution in [0.4, 0.5) is 0 Å². The quantitative estimate of drug-likeness (QED) is 0.570. The minimum absolute atomic E-state index is 0.140. The maximum atomic E-state index is 11.1. The number of ketones is 1. The van der Waals surface area contributed by atoms with Gasteiger partial charge < -0.3 is 5.11 Å². The van der Waals surface area contributed by atoms with Gasteiger partial charge in [-0.1, -0.05) is 26.2 Å². The van der Waals surface area contributed by atoms with E-state index in [1.807, 2.05) is 0 Å². The number of Topliss-reactive ketones (excluding diaryl/α,β-unsaturated/α-hetero) is 1. The Morgan fingerprint density at radius 3 is 2.33 bits per heavy atom. The van der Waals surface area contributed by atoms with Crippen LogP contribution in [-0.4, -0.2) is 17.5 Å². The second-order valence-electron chi connectivity index (χ2n) is 3.18. The minimum Gasteiger partial charge on any atom is -0.396 e. The fraction of sp³-hybridized carbons (Fsp3) is 0.900. The maximum absolute atomic E-state index is 11.1. The van der Waals surface area contributed by atoms with Gasteiger partial charge in [-0.15, -0.1) is 0 Å². The molecule has 0 aromatic rings. The van der Waals surface area contributed by atoms with Gasteiger partial charge in [-0.2, -0.15) is 0 Å². The van der Waals surface area contributed by atoms with Crippen molar-refractivity contribution in [2.45, 2.75) is 51.9 Å². The Bertz CT molecular complexity index is 110. The topological polar surface area (TPSA) is 37.3 Å². The second kappa shape index (κ2) is 8.72. The number of hydrogen-bond acceptors (Lipinski definition) is 2. The standard InChI is InChI=1S/C10H20O2/c1-2-3-4-5-7-10(12)8-6-9-11/h11H,2-9H2,1H3. The van der Waals surface area contributed by atoms with Crippen molar-refractivity contribution >= 4 is 5.78 Å². The van der Waals surface area contributed by atoms with Crippen LogP contribution in [0, 0.1) is 0 Å². The zero-order valence-electron chi connectivity index (χ0n) is 8.01. The first-order valence-electron chi connectivity index (χ1n) is 4.93. The molecule has 0 radical (unpaired) electrons. The monoisotopic (exact) mass is 172 g/mol. The molecule has 0 aliphatic carbocycles. The Morgan fingerprint density at radius 2 is 1.75 bits per heavy atom. The largest absolute Gasteiger partial charge is 0.396 e. The number of hydrogen-bond donors (Lipinski definition) is 1. The lowest BCUT2D eigenvalue weighted by Gasteiger charge is -1.98. The molecule has 2 nitrogen and oxygen atoms in total. The Labute approximate surface area is 75.0 Å². The smallest absolute Gasteiger partial charge is 0.132 e. The molecule has 0 amide bonds. The van der Waals surface area contributed by atoms with E-state index >= 15 is 0 Å². The van der Waals surface area contributed by atoms with Crippen LogP contribution in [0.3, 0.4) is 0 Å². The molecule has 12 heavy (non-hydrogen) atoms. The molecular weight excluding hydrogens is 152 g/mol. The average Bonchev–Trinajstić information content (AvgIpc) is 2.09. The molecule has 72 valence electrons. The fourth-order valence-electron chi connectivity index (χ4n) is 1.15. The molecule has 0 aromatic heterocycles. The van der Waals surface area contributed by atoms with E-state index in [0.717, 1.165) is 6.42 Å². The van der Waals surface area contributed by atoms with Crippen LogP contribution in [0.2, 0.25) is 0 Å². The molecule has 0 atom stereocenters. The van der Waals surface area contributed by atoms with Crippen LogP contribution in [0.25, 0.3) is 0 Å². The van der Waals surface area contributed by atoms with Gasteiger partial charge in [0.1, 0.15) is 5.78 Å². The summed E-state index contributed by atoms with van der Waals surface area (Å²) in [6, 6.07) is 0. The van der Waals surface area contributed by atoms with Gasteiger partial charge in [-0.25, -0.2) is 0 Å². The molecule has 0 fully saturated rings. The zero-order chi connectivity index (χ0) is 9.23. The van der Waals surface area contributed by atoms with Crippen molar-refractivity contribution in [1.29, 1.82) is 0 Å². The van der Waals surface area contributed by atoms with Crippen molar-refractivity contribution in [3.05, 3.63) is 0 Å². The van der Waals surface area contributed by atoms with Crippen LogP contribution >= 0.6 is 0 Å². The van der Waals surface area contributed by atoms with Crippen molar-refractivity contribution in [3.63, 3.8) is 0 Å². The van der Waals surface area contributed by atoms with Gasteiger partial charge in [-0.3, -0.25) is 4.79 Å². The predicted molar refractivity (Wildman–Crippen MR) is 50.1 cm³/mol. The van der Waals surface area contributed by atoms with E-state index in [4.69, 9.17) is 5.11 Å². The Kier molecular flexibility index (Phi) is 8.46. The molecule has 0 saturated heterocycles. The lowest BCUT2D eigenvalue weighted by Crippen LogP contribution is -1.98. The first-order valence-corrected chi connectivity index (χ1v) is 4.93. The van der Waals surface area contributed by atoms with E-state index < -0.39 is 0 Å². The number of rotatable bonds is 8. The highest BCUT2D eigenvalue weighted by molar-refractivity contribution is 5.78. The third kappa shape index (κ3) is 7.73. The van der Waals surface area contributed by atoms with Gasteiger partial charge in [0, 0.05) is 19.4 Å². The molecule has 0 aromatic carbocycles. The molecule has 0 bridgehead atoms. The summed E-state index contributed by atoms with van der Waals surface area (Å²) in [5.74, 6) is 0.306. The molecule has 0 saturated carbocycles. The van der Waals surface area contributed by atoms with E-state index in [0.29, 0.717) is 25.0 Å². The molecule has 1 N–H and O–H groups in total. The van der Waals surface area contributed by atoms with E-state index in [-0.39, 0.29) is 6.61 Å². The van der Waals surface area contributed by atoms with Gasteiger partial charge in [0.05, 0.1) is 0 Å². The molecule has 0 heterocycles. The molecule has 0 rings (SSSR count). The summed E-state index contributed by atoms with van der Waals surface area (Å²) in [5, 5.41) is 8.47. The van der Waals surface area contributed by atoms with Crippen LogP contribution in [0.5, 0.6) is 0 Å². The predicted octanol–water partition coefficient (Wildman–Crippen LogP) is 2.30. The highest BCUT2D eigenvalue weighted by Crippen LogP contribution is 2.05. The summed E-state index contributed by atoms with van der Waals surface area (Å²) in [4.78, 5) is 11.1. The third-order valence-electron chi connectivity index (χ3n) is 1.92. The van der Waals surface area contributed by atoms with E-state index in [1.165, 1.54) is 19.3 Å². The first kappa shape index (κ1) is 11.6. The summed E-state index contributed by atoms with van der Waals surface area (Å²) in [6.45, 7) is 2.30. The van der Waals surface area contributed by atoms with Gasteiger partial charge in [0.25, 0.3) is 0 Å². The third-order valence-corrected chi connectivity index (χ3v) is 1.92. The van der Waals surface area contributed by atoms with Gasteiger partial charge in [0.2, 0.25) is 0 Å². The van der Waals surface area contributed by atoms with E-state index in [1.54, 1.807) is 0 Å². The molecular formula is C10H20O2. The summed E-state index contributed by atoms with van der Waals surface area (Å²) in [7, 11) is 0. The summed E-state index contributed by atoms with van der Waals surface area (Å²) in [5.41, 5.74) is 0. The SMILES string of the molecule is CCCCCCC(=O)CCCO. The first-order chi connectivity index (χ1) is 5.81. The molecule has 0 aliphatic heterocycles. The lowest BCUT2D eigenvalue weighted by atomic mass is 10.1. The van der Waals surface area contributed by atoms with E-state index in [2.05, 4.69) is 6.92 Å². The summed E-state index contributed by atoms with van der Waals surface area (Å²) in [6.07, 6.45) is 6.53. The lowest BCUT2D eigenvalue weighted by molar-refractivity contribution is -0.119. The number of aliphatic hydroxyl groups is 1. The maximum Gasteiger partial charge on any atom is 0.132 e. The van der Waals surface area contributed by atoms with Crippen molar-refractivity contribution in [2.75, 3.05) is 6.61 Å². The molecule has 0 aliphatic rings. The van der Waals surface area contributed by atoms with Gasteiger partial charge >= 0.3 is 0 Å². The zero-order valence-corrected chi connectivity index (χ0v) is 8.01. The van der Waals surface area contributed by atoms with Crippen molar-refractivity contribution in [1.82, 2.24) is 0 Å². The summed E-state index contributed by atoms with van der Waals surface area (Å²) < 4.78 is 0. The number of aliphatic hydroxyl groups excluding tert-OH is 1. The highest BCUT2D eigenvalue weighted by atomic mass is 16.3. The second-order valence-corrected chi connectivity index (χ2v) is 3.18. The molecule has 0 unspecified atom stereocenters. The van der Waals surface area contributed by atoms with Crippen LogP contribution in [0.1, 0.15) is 51.9 Å². The van der Waals surface area contributed by atoms with Crippen molar-refractivity contribution < 1.29 is 9.90 Å². The van der Waals surface area contributed by atoms with Crippen molar-refractivity contribution in [2.24, 2.45) is 0 Å². The Morgan fingerprint density at radius 1 is 1.08 bits per heavy atom. The Balaban J connectivity index is 3.08. The molecule has 2 heteroatoms. The van der Waals surface area contributed by atoms with Gasteiger partial charge in [0.15, 0.2) is 0 Å². The van der Waals surface area contributed by atoms with Gasteiger partial charge in [-0.05, 0) is 12.8 Å². The van der Waals surface area contributed by atoms with Crippen LogP contribution < -0.4 is 0 Å². The number of unbranched alkanes of at least 4 members (excludes halogenated alkanes) is 3. The highest BCUT2D eigenvalue weighted by Gasteiger charge is 1.99. The average molecular weight is 172 g/mol. The van der Waals surface area contributed by atoms with Crippen LogP contribution in [0.15, 0.2) is 0 Å². The fourth-order valence-corrected chi connectivity index (χ4v) is 1.15. The van der Waals surface area contributed by atoms with Crippen molar-refractivity contribution in [3.8, 4) is 0 Å².